The lowest BCUT2D eigenvalue weighted by Gasteiger charge is -2.07. The van der Waals surface area contributed by atoms with Crippen molar-refractivity contribution >= 4 is 30.0 Å². The number of benzene rings is 2. The highest BCUT2D eigenvalue weighted by molar-refractivity contribution is 7.94. The van der Waals surface area contributed by atoms with Crippen LogP contribution in [0.2, 0.25) is 0 Å². The molecule has 0 aromatic heterocycles. The molecular weight excluding hydrogens is 336 g/mol. The molecule has 0 fully saturated rings. The maximum absolute atomic E-state index is 12.0. The van der Waals surface area contributed by atoms with Gasteiger partial charge in [-0.15, -0.1) is 0 Å². The molecule has 4 nitrogen and oxygen atoms in total. The maximum Gasteiger partial charge on any atom is 0.178 e. The van der Waals surface area contributed by atoms with Crippen LogP contribution < -0.4 is 13.7 Å². The summed E-state index contributed by atoms with van der Waals surface area (Å²) in [4.78, 5) is 12.0. The Balaban J connectivity index is 2.04. The number of ether oxygens (including phenoxy) is 2. The second-order valence-corrected chi connectivity index (χ2v) is 5.51. The van der Waals surface area contributed by atoms with Crippen LogP contribution in [0.15, 0.2) is 54.6 Å². The highest BCUT2D eigenvalue weighted by Gasteiger charge is 2.02. The van der Waals surface area contributed by atoms with Gasteiger partial charge in [0, 0.05) is 6.26 Å². The molecule has 0 aliphatic rings. The van der Waals surface area contributed by atoms with E-state index in [0.717, 1.165) is 16.9 Å². The SMILES string of the molecule is COc1ccc(/C=C/C(=O)/C=C/c2cccc(OSC)c2)cc1OC. The van der Waals surface area contributed by atoms with Gasteiger partial charge < -0.3 is 13.7 Å². The predicted octanol–water partition coefficient (Wildman–Crippen LogP) is 4.66. The standard InChI is InChI=1S/C20H20O4S/c1-22-19-12-9-16(14-20(19)23-2)8-11-17(21)10-7-15-5-4-6-18(13-15)24-25-3/h4-14H,1-3H3/b10-7+,11-8+. The molecule has 0 radical (unpaired) electrons. The van der Waals surface area contributed by atoms with E-state index in [1.54, 1.807) is 32.4 Å². The van der Waals surface area contributed by atoms with Crippen molar-refractivity contribution in [1.82, 2.24) is 0 Å². The molecule has 130 valence electrons. The zero-order valence-corrected chi connectivity index (χ0v) is 15.2. The second kappa shape index (κ2) is 9.59. The highest BCUT2D eigenvalue weighted by Crippen LogP contribution is 2.28. The zero-order valence-electron chi connectivity index (χ0n) is 14.4. The second-order valence-electron chi connectivity index (χ2n) is 5.01. The quantitative estimate of drug-likeness (QED) is 0.509. The lowest BCUT2D eigenvalue weighted by Crippen LogP contribution is -1.91. The van der Waals surface area contributed by atoms with E-state index in [4.69, 9.17) is 13.7 Å². The Hall–Kier alpha value is -2.66. The van der Waals surface area contributed by atoms with Crippen molar-refractivity contribution in [3.05, 3.63) is 65.7 Å². The molecule has 0 aliphatic carbocycles. The third-order valence-corrected chi connectivity index (χ3v) is 3.68. The van der Waals surface area contributed by atoms with Gasteiger partial charge in [-0.1, -0.05) is 30.4 Å². The van der Waals surface area contributed by atoms with Crippen molar-refractivity contribution in [3.63, 3.8) is 0 Å². The smallest absolute Gasteiger partial charge is 0.178 e. The summed E-state index contributed by atoms with van der Waals surface area (Å²) in [6.45, 7) is 0. The van der Waals surface area contributed by atoms with Gasteiger partial charge in [0.1, 0.15) is 5.75 Å². The first kappa shape index (κ1) is 18.7. The molecule has 2 aromatic rings. The van der Waals surface area contributed by atoms with Crippen molar-refractivity contribution in [1.29, 1.82) is 0 Å². The normalized spacial score (nSPS) is 11.0. The third-order valence-electron chi connectivity index (χ3n) is 3.33. The molecule has 0 saturated carbocycles. The summed E-state index contributed by atoms with van der Waals surface area (Å²) < 4.78 is 15.8. The Bertz CT molecular complexity index is 781. The monoisotopic (exact) mass is 356 g/mol. The van der Waals surface area contributed by atoms with Gasteiger partial charge in [-0.2, -0.15) is 0 Å². The topological polar surface area (TPSA) is 44.8 Å². The van der Waals surface area contributed by atoms with Crippen LogP contribution >= 0.6 is 12.0 Å². The Morgan fingerprint density at radius 1 is 0.920 bits per heavy atom. The average Bonchev–Trinajstić information content (AvgIpc) is 2.65. The fourth-order valence-corrected chi connectivity index (χ4v) is 2.43. The molecule has 0 aliphatic heterocycles. The van der Waals surface area contributed by atoms with Gasteiger partial charge in [0.05, 0.1) is 26.3 Å². The number of allylic oxidation sites excluding steroid dienone is 2. The van der Waals surface area contributed by atoms with Crippen molar-refractivity contribution in [3.8, 4) is 17.2 Å². The Morgan fingerprint density at radius 3 is 2.24 bits per heavy atom. The molecule has 0 N–H and O–H groups in total. The van der Waals surface area contributed by atoms with E-state index in [1.165, 1.54) is 24.2 Å². The van der Waals surface area contributed by atoms with Crippen molar-refractivity contribution in [2.75, 3.05) is 20.5 Å². The van der Waals surface area contributed by atoms with Gasteiger partial charge in [-0.05, 0) is 47.5 Å². The van der Waals surface area contributed by atoms with Gasteiger partial charge in [0.25, 0.3) is 0 Å². The van der Waals surface area contributed by atoms with Crippen molar-refractivity contribution < 1.29 is 18.5 Å². The lowest BCUT2D eigenvalue weighted by molar-refractivity contribution is -0.110. The van der Waals surface area contributed by atoms with Crippen LogP contribution in [-0.2, 0) is 4.79 Å². The zero-order chi connectivity index (χ0) is 18.1. The van der Waals surface area contributed by atoms with Crippen molar-refractivity contribution in [2.24, 2.45) is 0 Å². The van der Waals surface area contributed by atoms with Crippen LogP contribution in [0, 0.1) is 0 Å². The summed E-state index contributed by atoms with van der Waals surface area (Å²) >= 11 is 1.28. The minimum Gasteiger partial charge on any atom is -0.493 e. The summed E-state index contributed by atoms with van der Waals surface area (Å²) in [5.74, 6) is 1.92. The first-order valence-electron chi connectivity index (χ1n) is 7.59. The molecule has 0 bridgehead atoms. The molecular formula is C20H20O4S. The van der Waals surface area contributed by atoms with Crippen LogP contribution in [0.3, 0.4) is 0 Å². The van der Waals surface area contributed by atoms with E-state index < -0.39 is 0 Å². The highest BCUT2D eigenvalue weighted by atomic mass is 32.2. The Labute approximate surface area is 152 Å². The predicted molar refractivity (Wildman–Crippen MR) is 103 cm³/mol. The molecule has 0 amide bonds. The summed E-state index contributed by atoms with van der Waals surface area (Å²) in [5.41, 5.74) is 1.76. The maximum atomic E-state index is 12.0. The fraction of sp³-hybridized carbons (Fsp3) is 0.150. The van der Waals surface area contributed by atoms with E-state index in [1.807, 2.05) is 42.7 Å². The summed E-state index contributed by atoms with van der Waals surface area (Å²) in [7, 11) is 3.16. The van der Waals surface area contributed by atoms with E-state index in [2.05, 4.69) is 0 Å². The van der Waals surface area contributed by atoms with Crippen LogP contribution in [-0.4, -0.2) is 26.3 Å². The molecule has 0 heterocycles. The summed E-state index contributed by atoms with van der Waals surface area (Å²) in [6.07, 6.45) is 8.39. The van der Waals surface area contributed by atoms with Gasteiger partial charge in [0.2, 0.25) is 0 Å². The molecule has 0 atom stereocenters. The number of hydrogen-bond donors (Lipinski definition) is 0. The van der Waals surface area contributed by atoms with Gasteiger partial charge >= 0.3 is 0 Å². The Kier molecular flexibility index (Phi) is 7.16. The average molecular weight is 356 g/mol. The molecule has 5 heteroatoms. The van der Waals surface area contributed by atoms with Crippen LogP contribution in [0.5, 0.6) is 17.2 Å². The van der Waals surface area contributed by atoms with E-state index in [0.29, 0.717) is 11.5 Å². The third kappa shape index (κ3) is 5.72. The van der Waals surface area contributed by atoms with Gasteiger partial charge in [0.15, 0.2) is 17.3 Å². The largest absolute Gasteiger partial charge is 0.493 e. The summed E-state index contributed by atoms with van der Waals surface area (Å²) in [5, 5.41) is 0. The summed E-state index contributed by atoms with van der Waals surface area (Å²) in [6, 6.07) is 13.0. The van der Waals surface area contributed by atoms with Gasteiger partial charge in [-0.3, -0.25) is 4.79 Å². The molecule has 0 unspecified atom stereocenters. The fourth-order valence-electron chi connectivity index (χ4n) is 2.14. The minimum absolute atomic E-state index is 0.106. The molecule has 0 saturated heterocycles. The number of carbonyl (C=O) groups is 1. The molecule has 2 aromatic carbocycles. The first-order valence-corrected chi connectivity index (χ1v) is 8.74. The number of hydrogen-bond acceptors (Lipinski definition) is 5. The number of rotatable bonds is 8. The van der Waals surface area contributed by atoms with E-state index >= 15 is 0 Å². The minimum atomic E-state index is -0.106. The molecule has 2 rings (SSSR count). The van der Waals surface area contributed by atoms with E-state index in [9.17, 15) is 4.79 Å². The van der Waals surface area contributed by atoms with E-state index in [-0.39, 0.29) is 5.78 Å². The molecule has 0 spiro atoms. The first-order chi connectivity index (χ1) is 12.2. The number of carbonyl (C=O) groups excluding carboxylic acids is 1. The number of ketones is 1. The van der Waals surface area contributed by atoms with Crippen molar-refractivity contribution in [2.45, 2.75) is 0 Å². The van der Waals surface area contributed by atoms with Crippen LogP contribution in [0.25, 0.3) is 12.2 Å². The van der Waals surface area contributed by atoms with Crippen LogP contribution in [0.1, 0.15) is 11.1 Å². The van der Waals surface area contributed by atoms with Gasteiger partial charge in [-0.25, -0.2) is 0 Å². The number of methoxy groups -OCH3 is 2. The molecule has 25 heavy (non-hydrogen) atoms. The lowest BCUT2D eigenvalue weighted by atomic mass is 10.1. The Morgan fingerprint density at radius 2 is 1.60 bits per heavy atom. The van der Waals surface area contributed by atoms with Crippen LogP contribution in [0.4, 0.5) is 0 Å².